The van der Waals surface area contributed by atoms with Gasteiger partial charge in [0.1, 0.15) is 11.6 Å². The Morgan fingerprint density at radius 1 is 1.31 bits per heavy atom. The van der Waals surface area contributed by atoms with Gasteiger partial charge in [0.15, 0.2) is 0 Å². The van der Waals surface area contributed by atoms with Crippen LogP contribution < -0.4 is 10.2 Å². The van der Waals surface area contributed by atoms with Crippen LogP contribution in [0.25, 0.3) is 0 Å². The van der Waals surface area contributed by atoms with Crippen LogP contribution in [-0.4, -0.2) is 60.2 Å². The van der Waals surface area contributed by atoms with Crippen molar-refractivity contribution >= 4 is 11.7 Å². The van der Waals surface area contributed by atoms with Crippen molar-refractivity contribution in [2.45, 2.75) is 19.9 Å². The largest absolute Gasteiger partial charge is 0.467 e. The molecule has 0 radical (unpaired) electrons. The van der Waals surface area contributed by atoms with Crippen LogP contribution in [0.1, 0.15) is 34.8 Å². The smallest absolute Gasteiger partial charge is 0.255 e. The van der Waals surface area contributed by atoms with Gasteiger partial charge in [-0.15, -0.1) is 0 Å². The number of furan rings is 1. The van der Waals surface area contributed by atoms with Gasteiger partial charge in [0.05, 0.1) is 24.5 Å². The van der Waals surface area contributed by atoms with E-state index >= 15 is 0 Å². The zero-order chi connectivity index (χ0) is 18.5. The van der Waals surface area contributed by atoms with Crippen molar-refractivity contribution in [3.8, 4) is 0 Å². The van der Waals surface area contributed by atoms with Crippen molar-refractivity contribution in [2.24, 2.45) is 0 Å². The van der Waals surface area contributed by atoms with Crippen LogP contribution in [0, 0.1) is 6.92 Å². The molecule has 7 heteroatoms. The van der Waals surface area contributed by atoms with Crippen LogP contribution in [-0.2, 0) is 0 Å². The molecule has 2 aromatic rings. The number of carbonyl (C=O) groups excluding carboxylic acids is 1. The van der Waals surface area contributed by atoms with Crippen molar-refractivity contribution in [1.82, 2.24) is 15.2 Å². The quantitative estimate of drug-likeness (QED) is 0.816. The molecule has 1 fully saturated rings. The Morgan fingerprint density at radius 2 is 2.08 bits per heavy atom. The third-order valence-corrected chi connectivity index (χ3v) is 4.66. The molecule has 7 nitrogen and oxygen atoms in total. The van der Waals surface area contributed by atoms with Crippen LogP contribution in [0.5, 0.6) is 0 Å². The third-order valence-electron chi connectivity index (χ3n) is 4.66. The van der Waals surface area contributed by atoms with Crippen LogP contribution in [0.15, 0.2) is 34.9 Å². The molecule has 0 bridgehead atoms. The number of nitrogens with one attached hydrogen (secondary N) is 1. The number of hydrogen-bond acceptors (Lipinski definition) is 6. The predicted molar refractivity (Wildman–Crippen MR) is 99.3 cm³/mol. The molecule has 0 aromatic carbocycles. The number of piperazine rings is 1. The molecule has 1 unspecified atom stereocenters. The zero-order valence-corrected chi connectivity index (χ0v) is 15.3. The summed E-state index contributed by atoms with van der Waals surface area (Å²) in [6, 6.07) is 7.13. The minimum Gasteiger partial charge on any atom is -0.467 e. The fraction of sp³-hybridized carbons (Fsp3) is 0.474. The van der Waals surface area contributed by atoms with E-state index in [4.69, 9.17) is 9.52 Å². The van der Waals surface area contributed by atoms with Crippen molar-refractivity contribution in [3.05, 3.63) is 47.5 Å². The molecule has 1 atom stereocenters. The molecule has 1 aliphatic heterocycles. The Kier molecular flexibility index (Phi) is 5.90. The molecule has 3 heterocycles. The minimum atomic E-state index is -0.215. The van der Waals surface area contributed by atoms with Gasteiger partial charge in [0.2, 0.25) is 0 Å². The predicted octanol–water partition coefficient (Wildman–Crippen LogP) is 1.59. The van der Waals surface area contributed by atoms with E-state index in [0.29, 0.717) is 12.1 Å². The number of anilines is 1. The van der Waals surface area contributed by atoms with Gasteiger partial charge in [-0.25, -0.2) is 4.98 Å². The van der Waals surface area contributed by atoms with Gasteiger partial charge in [-0.3, -0.25) is 9.69 Å². The SMILES string of the molecule is Cc1ccc(C(=O)NC(C)c2ccco2)c(N2CCN(CCO)CC2)n1. The maximum absolute atomic E-state index is 12.8. The first-order valence-electron chi connectivity index (χ1n) is 8.98. The zero-order valence-electron chi connectivity index (χ0n) is 15.3. The molecular formula is C19H26N4O3. The lowest BCUT2D eigenvalue weighted by Gasteiger charge is -2.35. The molecule has 2 aromatic heterocycles. The van der Waals surface area contributed by atoms with E-state index in [1.165, 1.54) is 0 Å². The monoisotopic (exact) mass is 358 g/mol. The van der Waals surface area contributed by atoms with Crippen molar-refractivity contribution < 1.29 is 14.3 Å². The number of hydrogen-bond donors (Lipinski definition) is 2. The Morgan fingerprint density at radius 3 is 2.73 bits per heavy atom. The van der Waals surface area contributed by atoms with E-state index in [1.54, 1.807) is 6.26 Å². The van der Waals surface area contributed by atoms with Gasteiger partial charge in [0, 0.05) is 38.4 Å². The summed E-state index contributed by atoms with van der Waals surface area (Å²) in [6.45, 7) is 7.93. The van der Waals surface area contributed by atoms with Crippen LogP contribution in [0.2, 0.25) is 0 Å². The first-order valence-corrected chi connectivity index (χ1v) is 8.98. The van der Waals surface area contributed by atoms with Crippen molar-refractivity contribution in [1.29, 1.82) is 0 Å². The lowest BCUT2D eigenvalue weighted by atomic mass is 10.1. The number of aryl methyl sites for hydroxylation is 1. The van der Waals surface area contributed by atoms with Crippen LogP contribution in [0.4, 0.5) is 5.82 Å². The Hall–Kier alpha value is -2.38. The summed E-state index contributed by atoms with van der Waals surface area (Å²) in [6.07, 6.45) is 1.60. The highest BCUT2D eigenvalue weighted by molar-refractivity contribution is 5.99. The summed E-state index contributed by atoms with van der Waals surface area (Å²) in [7, 11) is 0. The maximum atomic E-state index is 12.8. The van der Waals surface area contributed by atoms with E-state index in [-0.39, 0.29) is 18.6 Å². The highest BCUT2D eigenvalue weighted by Crippen LogP contribution is 2.22. The van der Waals surface area contributed by atoms with Crippen LogP contribution in [0.3, 0.4) is 0 Å². The van der Waals surface area contributed by atoms with E-state index in [9.17, 15) is 4.79 Å². The summed E-state index contributed by atoms with van der Waals surface area (Å²) < 4.78 is 5.37. The highest BCUT2D eigenvalue weighted by atomic mass is 16.3. The summed E-state index contributed by atoms with van der Waals surface area (Å²) in [4.78, 5) is 21.8. The summed E-state index contributed by atoms with van der Waals surface area (Å²) >= 11 is 0. The fourth-order valence-electron chi connectivity index (χ4n) is 3.17. The van der Waals surface area contributed by atoms with Crippen molar-refractivity contribution in [3.63, 3.8) is 0 Å². The number of aromatic nitrogens is 1. The van der Waals surface area contributed by atoms with Gasteiger partial charge < -0.3 is 19.7 Å². The normalized spacial score (nSPS) is 16.5. The van der Waals surface area contributed by atoms with E-state index < -0.39 is 0 Å². The molecule has 0 aliphatic carbocycles. The molecule has 0 spiro atoms. The first kappa shape index (κ1) is 18.4. The summed E-state index contributed by atoms with van der Waals surface area (Å²) in [5.41, 5.74) is 1.46. The number of aliphatic hydroxyl groups is 1. The van der Waals surface area contributed by atoms with E-state index in [2.05, 4.69) is 20.1 Å². The van der Waals surface area contributed by atoms with Crippen LogP contribution >= 0.6 is 0 Å². The second-order valence-electron chi connectivity index (χ2n) is 6.59. The molecule has 1 saturated heterocycles. The molecule has 1 amide bonds. The van der Waals surface area contributed by atoms with Gasteiger partial charge in [-0.2, -0.15) is 0 Å². The summed E-state index contributed by atoms with van der Waals surface area (Å²) in [5, 5.41) is 12.1. The molecule has 26 heavy (non-hydrogen) atoms. The fourth-order valence-corrected chi connectivity index (χ4v) is 3.17. The molecule has 0 saturated carbocycles. The second-order valence-corrected chi connectivity index (χ2v) is 6.59. The van der Waals surface area contributed by atoms with Gasteiger partial charge >= 0.3 is 0 Å². The van der Waals surface area contributed by atoms with E-state index in [1.807, 2.05) is 38.1 Å². The Labute approximate surface area is 153 Å². The first-order chi connectivity index (χ1) is 12.6. The Balaban J connectivity index is 1.74. The second kappa shape index (κ2) is 8.33. The average Bonchev–Trinajstić information content (AvgIpc) is 3.17. The van der Waals surface area contributed by atoms with Crippen molar-refractivity contribution in [2.75, 3.05) is 44.2 Å². The molecule has 3 rings (SSSR count). The lowest BCUT2D eigenvalue weighted by Crippen LogP contribution is -2.48. The number of rotatable bonds is 6. The number of carbonyl (C=O) groups is 1. The standard InChI is InChI=1S/C19H26N4O3/c1-14-5-6-16(19(25)21-15(2)17-4-3-13-26-17)18(20-14)23-9-7-22(8-10-23)11-12-24/h3-6,13,15,24H,7-12H2,1-2H3,(H,21,25). The Bertz CT molecular complexity index is 724. The highest BCUT2D eigenvalue weighted by Gasteiger charge is 2.24. The summed E-state index contributed by atoms with van der Waals surface area (Å²) in [5.74, 6) is 1.28. The minimum absolute atomic E-state index is 0.158. The molecule has 140 valence electrons. The number of amides is 1. The number of pyridine rings is 1. The van der Waals surface area contributed by atoms with Gasteiger partial charge in [-0.1, -0.05) is 0 Å². The number of nitrogens with zero attached hydrogens (tertiary/aromatic N) is 3. The van der Waals surface area contributed by atoms with E-state index in [0.717, 1.165) is 43.5 Å². The molecule has 2 N–H and O–H groups in total. The average molecular weight is 358 g/mol. The molecule has 1 aliphatic rings. The molecular weight excluding hydrogens is 332 g/mol. The number of aliphatic hydroxyl groups excluding tert-OH is 1. The van der Waals surface area contributed by atoms with Gasteiger partial charge in [0.25, 0.3) is 5.91 Å². The topological polar surface area (TPSA) is 81.8 Å². The lowest BCUT2D eigenvalue weighted by molar-refractivity contribution is 0.0935. The third kappa shape index (κ3) is 4.23. The van der Waals surface area contributed by atoms with Gasteiger partial charge in [-0.05, 0) is 38.1 Å². The maximum Gasteiger partial charge on any atom is 0.255 e. The number of β-amino-alcohol motifs (C(OH)–C–C–N with tert-alkyl or cyclic N) is 1.